The molecule has 0 saturated carbocycles. The molecule has 100 valence electrons. The van der Waals surface area contributed by atoms with Crippen LogP contribution in [-0.4, -0.2) is 36.4 Å². The topological polar surface area (TPSA) is 72.0 Å². The number of nitrogens with zero attached hydrogens (tertiary/aromatic N) is 2. The molecule has 0 aliphatic carbocycles. The number of aromatic nitrogens is 2. The van der Waals surface area contributed by atoms with Crippen LogP contribution in [-0.2, 0) is 9.84 Å². The highest BCUT2D eigenvalue weighted by Gasteiger charge is 2.27. The number of hydrogen-bond donors (Lipinski definition) is 1. The molecule has 1 N–H and O–H groups in total. The van der Waals surface area contributed by atoms with E-state index in [1.165, 1.54) is 6.33 Å². The number of anilines is 1. The molecular weight excluding hydrogens is 262 g/mol. The fourth-order valence-corrected chi connectivity index (χ4v) is 4.28. The van der Waals surface area contributed by atoms with E-state index in [-0.39, 0.29) is 11.7 Å². The van der Waals surface area contributed by atoms with Gasteiger partial charge in [0, 0.05) is 11.9 Å². The normalized spacial score (nSPS) is 21.6. The van der Waals surface area contributed by atoms with Gasteiger partial charge in [-0.1, -0.05) is 12.1 Å². The van der Waals surface area contributed by atoms with Gasteiger partial charge in [0.1, 0.15) is 12.1 Å². The summed E-state index contributed by atoms with van der Waals surface area (Å²) in [5, 5.41) is 4.22. The molecule has 2 aromatic rings. The van der Waals surface area contributed by atoms with Crippen LogP contribution in [0.4, 0.5) is 5.82 Å². The summed E-state index contributed by atoms with van der Waals surface area (Å²) in [4.78, 5) is 8.43. The van der Waals surface area contributed by atoms with Crippen molar-refractivity contribution in [3.05, 3.63) is 30.6 Å². The molecule has 0 bridgehead atoms. The second-order valence-electron chi connectivity index (χ2n) is 4.89. The average Bonchev–Trinajstić information content (AvgIpc) is 2.76. The second kappa shape index (κ2) is 4.77. The Hall–Kier alpha value is -1.69. The highest BCUT2D eigenvalue weighted by Crippen LogP contribution is 2.22. The van der Waals surface area contributed by atoms with E-state index in [0.29, 0.717) is 12.3 Å². The molecule has 1 atom stereocenters. The third kappa shape index (κ3) is 2.68. The molecule has 6 heteroatoms. The van der Waals surface area contributed by atoms with Gasteiger partial charge in [0.15, 0.2) is 9.84 Å². The average molecular weight is 277 g/mol. The van der Waals surface area contributed by atoms with Crippen LogP contribution in [0.3, 0.4) is 0 Å². The van der Waals surface area contributed by atoms with E-state index in [4.69, 9.17) is 0 Å². The van der Waals surface area contributed by atoms with Gasteiger partial charge >= 0.3 is 0 Å². The fourth-order valence-electron chi connectivity index (χ4n) is 2.42. The van der Waals surface area contributed by atoms with Gasteiger partial charge in [-0.2, -0.15) is 0 Å². The molecule has 1 unspecified atom stereocenters. The number of sulfone groups is 1. The van der Waals surface area contributed by atoms with Gasteiger partial charge < -0.3 is 5.32 Å². The number of fused-ring (bicyclic) bond motifs is 1. The Morgan fingerprint density at radius 2 is 2.11 bits per heavy atom. The Bertz CT molecular complexity index is 695. The van der Waals surface area contributed by atoms with Crippen LogP contribution in [0.1, 0.15) is 6.42 Å². The van der Waals surface area contributed by atoms with Gasteiger partial charge in [-0.15, -0.1) is 0 Å². The van der Waals surface area contributed by atoms with Gasteiger partial charge in [0.25, 0.3) is 0 Å². The third-order valence-corrected chi connectivity index (χ3v) is 5.26. The quantitative estimate of drug-likeness (QED) is 0.920. The Morgan fingerprint density at radius 3 is 2.89 bits per heavy atom. The predicted octanol–water partition coefficient (Wildman–Crippen LogP) is 1.48. The maximum Gasteiger partial charge on any atom is 0.150 e. The number of benzene rings is 1. The molecule has 1 fully saturated rings. The van der Waals surface area contributed by atoms with Gasteiger partial charge in [-0.25, -0.2) is 18.4 Å². The van der Waals surface area contributed by atoms with E-state index in [2.05, 4.69) is 15.3 Å². The van der Waals surface area contributed by atoms with Gasteiger partial charge in [-0.05, 0) is 24.5 Å². The Kier molecular flexibility index (Phi) is 3.10. The Labute approximate surface area is 112 Å². The molecule has 0 radical (unpaired) electrons. The fraction of sp³-hybridized carbons (Fsp3) is 0.385. The lowest BCUT2D eigenvalue weighted by Crippen LogP contribution is -2.16. The first-order chi connectivity index (χ1) is 9.14. The van der Waals surface area contributed by atoms with Crippen molar-refractivity contribution in [2.45, 2.75) is 6.42 Å². The van der Waals surface area contributed by atoms with Crippen LogP contribution in [0.25, 0.3) is 10.9 Å². The monoisotopic (exact) mass is 277 g/mol. The first-order valence-electron chi connectivity index (χ1n) is 6.28. The second-order valence-corrected chi connectivity index (χ2v) is 7.12. The minimum Gasteiger partial charge on any atom is -0.369 e. The molecule has 1 aliphatic rings. The van der Waals surface area contributed by atoms with Crippen LogP contribution < -0.4 is 5.32 Å². The molecule has 1 saturated heterocycles. The maximum absolute atomic E-state index is 11.4. The molecule has 0 amide bonds. The largest absolute Gasteiger partial charge is 0.369 e. The van der Waals surface area contributed by atoms with Crippen molar-refractivity contribution in [3.8, 4) is 0 Å². The van der Waals surface area contributed by atoms with Crippen LogP contribution >= 0.6 is 0 Å². The van der Waals surface area contributed by atoms with E-state index in [0.717, 1.165) is 23.1 Å². The SMILES string of the molecule is O=S1(=O)CCC(CNc2ncnc3ccccc23)C1. The van der Waals surface area contributed by atoms with Gasteiger partial charge in [-0.3, -0.25) is 0 Å². The number of hydrogen-bond acceptors (Lipinski definition) is 5. The van der Waals surface area contributed by atoms with E-state index < -0.39 is 9.84 Å². The molecule has 1 aromatic heterocycles. The summed E-state index contributed by atoms with van der Waals surface area (Å²) in [5.74, 6) is 1.54. The Balaban J connectivity index is 1.76. The van der Waals surface area contributed by atoms with E-state index in [1.54, 1.807) is 0 Å². The number of para-hydroxylation sites is 1. The molecule has 0 spiro atoms. The van der Waals surface area contributed by atoms with E-state index in [1.807, 2.05) is 24.3 Å². The zero-order valence-corrected chi connectivity index (χ0v) is 11.2. The summed E-state index contributed by atoms with van der Waals surface area (Å²) in [6, 6.07) is 7.77. The van der Waals surface area contributed by atoms with E-state index in [9.17, 15) is 8.42 Å². The summed E-state index contributed by atoms with van der Waals surface area (Å²) >= 11 is 0. The zero-order chi connectivity index (χ0) is 13.3. The summed E-state index contributed by atoms with van der Waals surface area (Å²) in [7, 11) is -2.82. The van der Waals surface area contributed by atoms with Gasteiger partial charge in [0.2, 0.25) is 0 Å². The van der Waals surface area contributed by atoms with Crippen molar-refractivity contribution in [1.82, 2.24) is 9.97 Å². The molecular formula is C13H15N3O2S. The first kappa shape index (κ1) is 12.3. The highest BCUT2D eigenvalue weighted by molar-refractivity contribution is 7.91. The zero-order valence-electron chi connectivity index (χ0n) is 10.4. The van der Waals surface area contributed by atoms with Crippen LogP contribution in [0.2, 0.25) is 0 Å². The lowest BCUT2D eigenvalue weighted by atomic mass is 10.1. The molecule has 1 aliphatic heterocycles. The smallest absolute Gasteiger partial charge is 0.150 e. The molecule has 3 rings (SSSR count). The van der Waals surface area contributed by atoms with E-state index >= 15 is 0 Å². The van der Waals surface area contributed by atoms with Crippen molar-refractivity contribution >= 4 is 26.6 Å². The summed E-state index contributed by atoms with van der Waals surface area (Å²) < 4.78 is 22.8. The van der Waals surface area contributed by atoms with Crippen molar-refractivity contribution in [2.24, 2.45) is 5.92 Å². The summed E-state index contributed by atoms with van der Waals surface area (Å²) in [5.41, 5.74) is 0.888. The molecule has 5 nitrogen and oxygen atoms in total. The first-order valence-corrected chi connectivity index (χ1v) is 8.10. The summed E-state index contributed by atoms with van der Waals surface area (Å²) in [6.45, 7) is 0.639. The standard InChI is InChI=1S/C13H15N3O2S/c17-19(18)6-5-10(8-19)7-14-13-11-3-1-2-4-12(11)15-9-16-13/h1-4,9-10H,5-8H2,(H,14,15,16). The van der Waals surface area contributed by atoms with Crippen LogP contribution in [0, 0.1) is 5.92 Å². The lowest BCUT2D eigenvalue weighted by molar-refractivity contribution is 0.596. The summed E-state index contributed by atoms with van der Waals surface area (Å²) in [6.07, 6.45) is 2.26. The lowest BCUT2D eigenvalue weighted by Gasteiger charge is -2.11. The van der Waals surface area contributed by atoms with Crippen molar-refractivity contribution in [2.75, 3.05) is 23.4 Å². The Morgan fingerprint density at radius 1 is 1.26 bits per heavy atom. The molecule has 1 aromatic carbocycles. The molecule has 2 heterocycles. The molecule has 19 heavy (non-hydrogen) atoms. The van der Waals surface area contributed by atoms with Crippen molar-refractivity contribution < 1.29 is 8.42 Å². The maximum atomic E-state index is 11.4. The van der Waals surface area contributed by atoms with Crippen LogP contribution in [0.15, 0.2) is 30.6 Å². The predicted molar refractivity (Wildman–Crippen MR) is 74.8 cm³/mol. The minimum atomic E-state index is -2.82. The minimum absolute atomic E-state index is 0.179. The van der Waals surface area contributed by atoms with Gasteiger partial charge in [0.05, 0.1) is 17.0 Å². The van der Waals surface area contributed by atoms with Crippen molar-refractivity contribution in [1.29, 1.82) is 0 Å². The van der Waals surface area contributed by atoms with Crippen molar-refractivity contribution in [3.63, 3.8) is 0 Å². The number of nitrogens with one attached hydrogen (secondary N) is 1. The van der Waals surface area contributed by atoms with Crippen LogP contribution in [0.5, 0.6) is 0 Å². The third-order valence-electron chi connectivity index (χ3n) is 3.43. The number of rotatable bonds is 3. The highest BCUT2D eigenvalue weighted by atomic mass is 32.2.